The van der Waals surface area contributed by atoms with Crippen LogP contribution >= 0.6 is 22.7 Å². The van der Waals surface area contributed by atoms with Crippen molar-refractivity contribution in [2.45, 2.75) is 104 Å². The van der Waals surface area contributed by atoms with E-state index in [1.807, 2.05) is 12.4 Å². The molecule has 0 radical (unpaired) electrons. The van der Waals surface area contributed by atoms with Crippen LogP contribution < -0.4 is 0 Å². The molecule has 1 fully saturated rings. The lowest BCUT2D eigenvalue weighted by Crippen LogP contribution is -2.27. The molecule has 6 heteroatoms. The number of hydrogen-bond acceptors (Lipinski definition) is 6. The van der Waals surface area contributed by atoms with Crippen LogP contribution in [0.3, 0.4) is 0 Å². The smallest absolute Gasteiger partial charge is 0.128 e. The van der Waals surface area contributed by atoms with Crippen molar-refractivity contribution in [3.05, 3.63) is 80.5 Å². The Morgan fingerprint density at radius 3 is 1.34 bits per heavy atom. The second-order valence-electron chi connectivity index (χ2n) is 14.2. The highest BCUT2D eigenvalue weighted by molar-refractivity contribution is 7.15. The molecule has 2 aromatic carbocycles. The fourth-order valence-corrected chi connectivity index (χ4v) is 7.62. The maximum Gasteiger partial charge on any atom is 0.128 e. The average molecular weight is 627 g/mol. The first-order valence-electron chi connectivity index (χ1n) is 15.7. The molecule has 0 unspecified atom stereocenters. The normalized spacial score (nSPS) is 18.1. The zero-order valence-corrected chi connectivity index (χ0v) is 29.0. The largest absolute Gasteiger partial charge is 0.507 e. The number of rotatable bonds is 6. The minimum absolute atomic E-state index is 0.0116. The summed E-state index contributed by atoms with van der Waals surface area (Å²) in [5, 5.41) is 22.7. The lowest BCUT2D eigenvalue weighted by molar-refractivity contribution is 0.390. The third-order valence-corrected chi connectivity index (χ3v) is 10.5. The van der Waals surface area contributed by atoms with Gasteiger partial charge in [0.05, 0.1) is 12.1 Å². The fraction of sp³-hybridized carbons (Fsp3) is 0.421. The number of thiophene rings is 2. The Hall–Kier alpha value is -3.22. The van der Waals surface area contributed by atoms with Crippen LogP contribution in [0.25, 0.3) is 20.9 Å². The molecule has 232 valence electrons. The second kappa shape index (κ2) is 12.6. The quantitative estimate of drug-likeness (QED) is 0.209. The van der Waals surface area contributed by atoms with Gasteiger partial charge in [-0.25, -0.2) is 0 Å². The predicted octanol–water partition coefficient (Wildman–Crippen LogP) is 10.6. The highest BCUT2D eigenvalue weighted by atomic mass is 32.1. The topological polar surface area (TPSA) is 65.2 Å². The van der Waals surface area contributed by atoms with E-state index in [1.165, 1.54) is 19.5 Å². The van der Waals surface area contributed by atoms with Gasteiger partial charge >= 0.3 is 0 Å². The van der Waals surface area contributed by atoms with Crippen molar-refractivity contribution in [3.63, 3.8) is 0 Å². The van der Waals surface area contributed by atoms with E-state index in [0.717, 1.165) is 59.1 Å². The van der Waals surface area contributed by atoms with E-state index in [9.17, 15) is 10.2 Å². The maximum absolute atomic E-state index is 11.3. The van der Waals surface area contributed by atoms with Gasteiger partial charge in [0, 0.05) is 54.2 Å². The third kappa shape index (κ3) is 7.18. The predicted molar refractivity (Wildman–Crippen MR) is 191 cm³/mol. The lowest BCUT2D eigenvalue weighted by atomic mass is 9.84. The number of aromatic hydroxyl groups is 2. The van der Waals surface area contributed by atoms with Gasteiger partial charge in [-0.1, -0.05) is 54.4 Å². The zero-order chi connectivity index (χ0) is 31.8. The van der Waals surface area contributed by atoms with Gasteiger partial charge < -0.3 is 10.2 Å². The highest BCUT2D eigenvalue weighted by Gasteiger charge is 2.26. The summed E-state index contributed by atoms with van der Waals surface area (Å²) in [4.78, 5) is 15.0. The van der Waals surface area contributed by atoms with Gasteiger partial charge in [-0.15, -0.1) is 22.7 Å². The Labute approximate surface area is 271 Å². The van der Waals surface area contributed by atoms with E-state index in [2.05, 4.69) is 104 Å². The van der Waals surface area contributed by atoms with Gasteiger partial charge in [0.2, 0.25) is 0 Å². The molecule has 5 rings (SSSR count). The summed E-state index contributed by atoms with van der Waals surface area (Å²) in [5.74, 6) is 0.601. The van der Waals surface area contributed by atoms with Crippen molar-refractivity contribution in [3.8, 4) is 32.4 Å². The first-order valence-corrected chi connectivity index (χ1v) is 17.3. The van der Waals surface area contributed by atoms with Gasteiger partial charge in [-0.05, 0) is 97.2 Å². The van der Waals surface area contributed by atoms with Crippen molar-refractivity contribution < 1.29 is 10.2 Å². The van der Waals surface area contributed by atoms with E-state index in [0.29, 0.717) is 11.5 Å². The molecule has 44 heavy (non-hydrogen) atoms. The maximum atomic E-state index is 11.3. The molecule has 2 aromatic heterocycles. The molecule has 2 N–H and O–H groups in total. The SMILES string of the molecule is Cc1ccc(-c2cc(C=N[C@H]3CCCC[C@@H]3N=Cc3cc(-c4ccc(C)s4)cc(C(C)(C)C)c3O)c(O)c(C(C)(C)C)c2)s1. The first kappa shape index (κ1) is 32.2. The van der Waals surface area contributed by atoms with E-state index in [1.54, 1.807) is 22.7 Å². The van der Waals surface area contributed by atoms with Crippen LogP contribution in [0.5, 0.6) is 11.5 Å². The second-order valence-corrected chi connectivity index (χ2v) is 16.8. The van der Waals surface area contributed by atoms with E-state index >= 15 is 0 Å². The number of benzene rings is 2. The Kier molecular flexibility index (Phi) is 9.25. The Balaban J connectivity index is 1.48. The monoisotopic (exact) mass is 626 g/mol. The van der Waals surface area contributed by atoms with Crippen LogP contribution in [0, 0.1) is 13.8 Å². The molecule has 1 aliphatic rings. The van der Waals surface area contributed by atoms with Crippen LogP contribution in [-0.2, 0) is 10.8 Å². The summed E-state index contributed by atoms with van der Waals surface area (Å²) in [5.41, 5.74) is 5.14. The zero-order valence-electron chi connectivity index (χ0n) is 27.4. The van der Waals surface area contributed by atoms with Crippen LogP contribution in [-0.4, -0.2) is 34.7 Å². The standard InChI is InChI=1S/C38H46N2O2S2/c1-23-13-15-33(43-23)25-17-27(35(41)29(19-25)37(3,4)5)21-39-31-11-9-10-12-32(31)40-22-28-18-26(34-16-14-24(2)44-34)20-30(36(28)42)38(6,7)8/h13-22,31-32,41-42H,9-12H2,1-8H3/t31-,32-/m0/s1. The molecule has 4 nitrogen and oxygen atoms in total. The van der Waals surface area contributed by atoms with Crippen molar-refractivity contribution in [2.24, 2.45) is 9.98 Å². The van der Waals surface area contributed by atoms with Crippen LogP contribution in [0.2, 0.25) is 0 Å². The molecule has 1 aliphatic carbocycles. The van der Waals surface area contributed by atoms with Gasteiger partial charge in [-0.2, -0.15) is 0 Å². The Bertz CT molecular complexity index is 1570. The molecule has 0 bridgehead atoms. The van der Waals surface area contributed by atoms with E-state index in [-0.39, 0.29) is 22.9 Å². The van der Waals surface area contributed by atoms with Crippen LogP contribution in [0.1, 0.15) is 99.2 Å². The number of phenolic OH excluding ortho intramolecular Hbond substituents is 2. The minimum atomic E-state index is -0.211. The van der Waals surface area contributed by atoms with E-state index in [4.69, 9.17) is 9.98 Å². The molecule has 0 aliphatic heterocycles. The molecule has 2 heterocycles. The molecular weight excluding hydrogens is 581 g/mol. The van der Waals surface area contributed by atoms with Crippen molar-refractivity contribution >= 4 is 35.1 Å². The summed E-state index contributed by atoms with van der Waals surface area (Å²) >= 11 is 3.53. The molecule has 1 saturated carbocycles. The number of aryl methyl sites for hydroxylation is 2. The Morgan fingerprint density at radius 1 is 0.636 bits per heavy atom. The molecule has 4 aromatic rings. The molecule has 0 saturated heterocycles. The summed E-state index contributed by atoms with van der Waals surface area (Å²) in [6.07, 6.45) is 7.83. The third-order valence-electron chi connectivity index (χ3n) is 8.45. The van der Waals surface area contributed by atoms with Crippen molar-refractivity contribution in [2.75, 3.05) is 0 Å². The molecule has 2 atom stereocenters. The number of aliphatic imine (C=N–C) groups is 2. The summed E-state index contributed by atoms with van der Waals surface area (Å²) in [7, 11) is 0. The van der Waals surface area contributed by atoms with Crippen molar-refractivity contribution in [1.29, 1.82) is 0 Å². The first-order chi connectivity index (χ1) is 20.7. The summed E-state index contributed by atoms with van der Waals surface area (Å²) in [6.45, 7) is 17.0. The number of hydrogen-bond donors (Lipinski definition) is 2. The molecule has 0 spiro atoms. The van der Waals surface area contributed by atoms with Gasteiger partial charge in [0.25, 0.3) is 0 Å². The Morgan fingerprint density at radius 2 is 1.02 bits per heavy atom. The van der Waals surface area contributed by atoms with Crippen LogP contribution in [0.15, 0.2) is 58.5 Å². The minimum Gasteiger partial charge on any atom is -0.507 e. The van der Waals surface area contributed by atoms with Crippen molar-refractivity contribution in [1.82, 2.24) is 0 Å². The summed E-state index contributed by atoms with van der Waals surface area (Å²) in [6, 6.07) is 17.0. The fourth-order valence-electron chi connectivity index (χ4n) is 5.91. The van der Waals surface area contributed by atoms with Gasteiger partial charge in [0.1, 0.15) is 11.5 Å². The number of nitrogens with zero attached hydrogens (tertiary/aromatic N) is 2. The van der Waals surface area contributed by atoms with E-state index < -0.39 is 0 Å². The van der Waals surface area contributed by atoms with Gasteiger partial charge in [-0.3, -0.25) is 9.98 Å². The average Bonchev–Trinajstić information content (AvgIpc) is 3.59. The summed E-state index contributed by atoms with van der Waals surface area (Å²) < 4.78 is 0. The molecule has 0 amide bonds. The van der Waals surface area contributed by atoms with Gasteiger partial charge in [0.15, 0.2) is 0 Å². The molecular formula is C38H46N2O2S2. The lowest BCUT2D eigenvalue weighted by Gasteiger charge is -2.26. The van der Waals surface area contributed by atoms with Crippen LogP contribution in [0.4, 0.5) is 0 Å². The number of phenols is 2. The highest BCUT2D eigenvalue weighted by Crippen LogP contribution is 2.40.